The molecule has 132 valence electrons. The van der Waals surface area contributed by atoms with Crippen molar-refractivity contribution in [1.29, 1.82) is 0 Å². The van der Waals surface area contributed by atoms with Gasteiger partial charge in [0.15, 0.2) is 0 Å². The minimum atomic E-state index is -0.157. The van der Waals surface area contributed by atoms with E-state index in [0.717, 1.165) is 22.4 Å². The summed E-state index contributed by atoms with van der Waals surface area (Å²) >= 11 is 7.21. The Morgan fingerprint density at radius 3 is 2.24 bits per heavy atom. The first-order chi connectivity index (χ1) is 11.9. The van der Waals surface area contributed by atoms with Gasteiger partial charge in [-0.3, -0.25) is 9.59 Å². The van der Waals surface area contributed by atoms with Gasteiger partial charge in [-0.1, -0.05) is 29.8 Å². The number of nitrogens with one attached hydrogen (secondary N) is 2. The number of aryl methyl sites for hydroxylation is 2. The number of thioether (sulfide) groups is 1. The highest BCUT2D eigenvalue weighted by atomic mass is 35.5. The highest BCUT2D eigenvalue weighted by Crippen LogP contribution is 2.21. The summed E-state index contributed by atoms with van der Waals surface area (Å²) in [7, 11) is 0. The molecule has 0 saturated carbocycles. The maximum Gasteiger partial charge on any atom is 0.234 e. The van der Waals surface area contributed by atoms with Gasteiger partial charge in [0.1, 0.15) is 0 Å². The van der Waals surface area contributed by atoms with Gasteiger partial charge in [0, 0.05) is 16.4 Å². The van der Waals surface area contributed by atoms with E-state index in [9.17, 15) is 9.59 Å². The molecule has 0 saturated heterocycles. The third-order valence-electron chi connectivity index (χ3n) is 3.82. The Morgan fingerprint density at radius 1 is 0.920 bits per heavy atom. The van der Waals surface area contributed by atoms with Gasteiger partial charge in [-0.25, -0.2) is 0 Å². The minimum absolute atomic E-state index is 0.120. The fraction of sp³-hybridized carbons (Fsp3) is 0.263. The molecule has 0 aromatic heterocycles. The molecule has 2 N–H and O–H groups in total. The molecule has 6 heteroatoms. The lowest BCUT2D eigenvalue weighted by Gasteiger charge is -2.11. The number of hydrogen-bond donors (Lipinski definition) is 2. The van der Waals surface area contributed by atoms with Gasteiger partial charge in [0.2, 0.25) is 11.8 Å². The van der Waals surface area contributed by atoms with E-state index in [-0.39, 0.29) is 23.3 Å². The van der Waals surface area contributed by atoms with Crippen molar-refractivity contribution in [2.45, 2.75) is 20.8 Å². The molecule has 25 heavy (non-hydrogen) atoms. The molecule has 0 aliphatic carbocycles. The molecule has 0 aliphatic heterocycles. The average molecular weight is 377 g/mol. The van der Waals surface area contributed by atoms with Crippen LogP contribution < -0.4 is 10.6 Å². The summed E-state index contributed by atoms with van der Waals surface area (Å²) in [6.07, 6.45) is 0. The molecule has 0 fully saturated rings. The van der Waals surface area contributed by atoms with Crippen LogP contribution in [0.2, 0.25) is 5.02 Å². The van der Waals surface area contributed by atoms with E-state index in [0.29, 0.717) is 10.7 Å². The molecule has 0 spiro atoms. The smallest absolute Gasteiger partial charge is 0.234 e. The van der Waals surface area contributed by atoms with Crippen molar-refractivity contribution in [3.63, 3.8) is 0 Å². The van der Waals surface area contributed by atoms with Gasteiger partial charge in [0.25, 0.3) is 0 Å². The van der Waals surface area contributed by atoms with Crippen LogP contribution in [-0.2, 0) is 9.59 Å². The first kappa shape index (κ1) is 19.3. The molecular weight excluding hydrogens is 356 g/mol. The minimum Gasteiger partial charge on any atom is -0.325 e. The van der Waals surface area contributed by atoms with Crippen molar-refractivity contribution in [1.82, 2.24) is 0 Å². The Morgan fingerprint density at radius 2 is 1.56 bits per heavy atom. The first-order valence-corrected chi connectivity index (χ1v) is 9.40. The van der Waals surface area contributed by atoms with E-state index in [1.807, 2.05) is 45.0 Å². The number of anilines is 2. The fourth-order valence-corrected chi connectivity index (χ4v) is 3.01. The number of benzene rings is 2. The number of carbonyl (C=O) groups excluding carboxylic acids is 2. The summed E-state index contributed by atoms with van der Waals surface area (Å²) in [5.74, 6) is 0.141. The van der Waals surface area contributed by atoms with Crippen LogP contribution in [-0.4, -0.2) is 23.3 Å². The van der Waals surface area contributed by atoms with Crippen LogP contribution >= 0.6 is 23.4 Å². The number of hydrogen-bond acceptors (Lipinski definition) is 3. The largest absolute Gasteiger partial charge is 0.325 e. The van der Waals surface area contributed by atoms with Gasteiger partial charge in [-0.2, -0.15) is 0 Å². The summed E-state index contributed by atoms with van der Waals surface area (Å²) in [6, 6.07) is 11.1. The highest BCUT2D eigenvalue weighted by Gasteiger charge is 2.09. The van der Waals surface area contributed by atoms with E-state index in [1.165, 1.54) is 11.8 Å². The Kier molecular flexibility index (Phi) is 6.91. The van der Waals surface area contributed by atoms with Crippen molar-refractivity contribution in [3.8, 4) is 0 Å². The zero-order valence-electron chi connectivity index (χ0n) is 14.5. The molecule has 0 atom stereocenters. The van der Waals surface area contributed by atoms with Gasteiger partial charge in [-0.15, -0.1) is 11.8 Å². The molecule has 0 aliphatic rings. The van der Waals surface area contributed by atoms with E-state index >= 15 is 0 Å². The molecule has 2 aromatic carbocycles. The predicted octanol–water partition coefficient (Wildman–Crippen LogP) is 4.58. The Bertz CT molecular complexity index is 777. The lowest BCUT2D eigenvalue weighted by molar-refractivity contribution is -0.114. The maximum atomic E-state index is 12.0. The Labute approximate surface area is 157 Å². The first-order valence-electron chi connectivity index (χ1n) is 7.86. The zero-order chi connectivity index (χ0) is 18.4. The maximum absolute atomic E-state index is 12.0. The summed E-state index contributed by atoms with van der Waals surface area (Å²) in [6.45, 7) is 5.87. The molecule has 2 aromatic rings. The normalized spacial score (nSPS) is 10.4. The van der Waals surface area contributed by atoms with Crippen LogP contribution in [0.25, 0.3) is 0 Å². The van der Waals surface area contributed by atoms with Gasteiger partial charge in [-0.05, 0) is 55.7 Å². The van der Waals surface area contributed by atoms with E-state index in [2.05, 4.69) is 10.6 Å². The van der Waals surface area contributed by atoms with Gasteiger partial charge < -0.3 is 10.6 Å². The zero-order valence-corrected chi connectivity index (χ0v) is 16.1. The molecule has 0 heterocycles. The third-order valence-corrected chi connectivity index (χ3v) is 4.99. The van der Waals surface area contributed by atoms with E-state index in [1.54, 1.807) is 12.1 Å². The number of halogens is 1. The van der Waals surface area contributed by atoms with Crippen LogP contribution in [0.15, 0.2) is 36.4 Å². The molecule has 0 unspecified atom stereocenters. The molecule has 2 rings (SSSR count). The quantitative estimate of drug-likeness (QED) is 0.776. The SMILES string of the molecule is Cc1ccc(Cl)cc1NC(=O)CSCC(=O)Nc1cccc(C)c1C. The Balaban J connectivity index is 1.80. The van der Waals surface area contributed by atoms with Gasteiger partial charge in [0.05, 0.1) is 11.5 Å². The molecule has 4 nitrogen and oxygen atoms in total. The molecule has 2 amide bonds. The van der Waals surface area contributed by atoms with Crippen LogP contribution in [0, 0.1) is 20.8 Å². The van der Waals surface area contributed by atoms with Crippen molar-refractivity contribution in [2.75, 3.05) is 22.1 Å². The monoisotopic (exact) mass is 376 g/mol. The lowest BCUT2D eigenvalue weighted by atomic mass is 10.1. The van der Waals surface area contributed by atoms with E-state index in [4.69, 9.17) is 11.6 Å². The van der Waals surface area contributed by atoms with Crippen molar-refractivity contribution < 1.29 is 9.59 Å². The van der Waals surface area contributed by atoms with Crippen LogP contribution in [0.1, 0.15) is 16.7 Å². The van der Waals surface area contributed by atoms with Crippen LogP contribution in [0.3, 0.4) is 0 Å². The molecular formula is C19H21ClN2O2S. The fourth-order valence-electron chi connectivity index (χ4n) is 2.22. The second-order valence-corrected chi connectivity index (χ2v) is 7.22. The third kappa shape index (κ3) is 5.80. The molecule has 0 radical (unpaired) electrons. The molecule has 0 bridgehead atoms. The number of amides is 2. The topological polar surface area (TPSA) is 58.2 Å². The van der Waals surface area contributed by atoms with Crippen molar-refractivity contribution in [3.05, 3.63) is 58.1 Å². The number of carbonyl (C=O) groups is 2. The summed E-state index contributed by atoms with van der Waals surface area (Å²) in [4.78, 5) is 24.0. The average Bonchev–Trinajstić information content (AvgIpc) is 2.55. The highest BCUT2D eigenvalue weighted by molar-refractivity contribution is 8.00. The van der Waals surface area contributed by atoms with E-state index < -0.39 is 0 Å². The second-order valence-electron chi connectivity index (χ2n) is 5.80. The van der Waals surface area contributed by atoms with Crippen molar-refractivity contribution >= 4 is 46.6 Å². The van der Waals surface area contributed by atoms with Crippen LogP contribution in [0.4, 0.5) is 11.4 Å². The predicted molar refractivity (Wildman–Crippen MR) is 107 cm³/mol. The van der Waals surface area contributed by atoms with Crippen molar-refractivity contribution in [2.24, 2.45) is 0 Å². The van der Waals surface area contributed by atoms with Gasteiger partial charge >= 0.3 is 0 Å². The lowest BCUT2D eigenvalue weighted by Crippen LogP contribution is -2.19. The number of rotatable bonds is 6. The summed E-state index contributed by atoms with van der Waals surface area (Å²) < 4.78 is 0. The second kappa shape index (κ2) is 8.92. The standard InChI is InChI=1S/C19H21ClN2O2S/c1-12-5-4-6-16(14(12)3)21-18(23)10-25-11-19(24)22-17-9-15(20)8-7-13(17)2/h4-9H,10-11H2,1-3H3,(H,21,23)(H,22,24). The van der Waals surface area contributed by atoms with Crippen LogP contribution in [0.5, 0.6) is 0 Å². The Hall–Kier alpha value is -1.98. The summed E-state index contributed by atoms with van der Waals surface area (Å²) in [5, 5.41) is 6.27. The summed E-state index contributed by atoms with van der Waals surface area (Å²) in [5.41, 5.74) is 4.62.